The summed E-state index contributed by atoms with van der Waals surface area (Å²) in [5, 5.41) is 4.44. The van der Waals surface area contributed by atoms with Crippen LogP contribution in [-0.2, 0) is 15.0 Å². The van der Waals surface area contributed by atoms with E-state index in [-0.39, 0.29) is 11.9 Å². The number of amides is 1. The number of carbonyl (C=O) groups is 1. The van der Waals surface area contributed by atoms with Gasteiger partial charge < -0.3 is 5.32 Å². The minimum Gasteiger partial charge on any atom is -0.325 e. The standard InChI is InChI=1S/C15H15BFN3O3S2/c1-20-13(15(21)18-9-4-5-11(17)10(16)7-9)8-12(19-25(20,22)23)14-3-2-6-24-14/h2-7,12-13,19H,8H2,1H3,(H,18,21)/t12-,13+/m1/s1. The van der Waals surface area contributed by atoms with Crippen molar-refractivity contribution in [1.82, 2.24) is 9.03 Å². The summed E-state index contributed by atoms with van der Waals surface area (Å²) in [5.74, 6) is -1.09. The van der Waals surface area contributed by atoms with E-state index in [9.17, 15) is 17.6 Å². The highest BCUT2D eigenvalue weighted by Crippen LogP contribution is 2.30. The highest BCUT2D eigenvalue weighted by Gasteiger charge is 2.40. The molecule has 0 aliphatic carbocycles. The van der Waals surface area contributed by atoms with Gasteiger partial charge in [0.15, 0.2) is 0 Å². The average Bonchev–Trinajstić information content (AvgIpc) is 3.07. The summed E-state index contributed by atoms with van der Waals surface area (Å²) >= 11 is 1.42. The summed E-state index contributed by atoms with van der Waals surface area (Å²) in [6.45, 7) is 0. The first kappa shape index (κ1) is 18.1. The Morgan fingerprint density at radius 2 is 2.20 bits per heavy atom. The fraction of sp³-hybridized carbons (Fsp3) is 0.267. The van der Waals surface area contributed by atoms with Crippen molar-refractivity contribution >= 4 is 46.4 Å². The van der Waals surface area contributed by atoms with E-state index in [1.165, 1.54) is 30.5 Å². The Labute approximate surface area is 150 Å². The highest BCUT2D eigenvalue weighted by atomic mass is 32.2. The molecule has 1 aromatic carbocycles. The number of hydrogen-bond acceptors (Lipinski definition) is 4. The van der Waals surface area contributed by atoms with Gasteiger partial charge in [0.05, 0.1) is 6.04 Å². The van der Waals surface area contributed by atoms with Crippen molar-refractivity contribution in [3.05, 3.63) is 46.4 Å². The molecule has 3 rings (SSSR count). The number of hydrogen-bond donors (Lipinski definition) is 2. The molecule has 1 aliphatic rings. The molecule has 130 valence electrons. The molecular weight excluding hydrogens is 364 g/mol. The van der Waals surface area contributed by atoms with Gasteiger partial charge in [0.1, 0.15) is 19.7 Å². The summed E-state index contributed by atoms with van der Waals surface area (Å²) < 4.78 is 41.4. The zero-order valence-corrected chi connectivity index (χ0v) is 14.9. The summed E-state index contributed by atoms with van der Waals surface area (Å²) in [7, 11) is 3.04. The van der Waals surface area contributed by atoms with Gasteiger partial charge in [-0.15, -0.1) is 11.3 Å². The predicted octanol–water partition coefficient (Wildman–Crippen LogP) is 0.899. The van der Waals surface area contributed by atoms with Crippen LogP contribution in [0.2, 0.25) is 0 Å². The van der Waals surface area contributed by atoms with Crippen molar-refractivity contribution in [2.45, 2.75) is 18.5 Å². The van der Waals surface area contributed by atoms with E-state index in [1.54, 1.807) is 0 Å². The number of likely N-dealkylation sites (N-methyl/N-ethyl adjacent to an activating group) is 1. The number of halogens is 1. The van der Waals surface area contributed by atoms with Gasteiger partial charge in [0.2, 0.25) is 5.91 Å². The Balaban J connectivity index is 1.83. The van der Waals surface area contributed by atoms with E-state index in [4.69, 9.17) is 7.85 Å². The molecular formula is C15H15BFN3O3S2. The molecule has 0 spiro atoms. The Kier molecular flexibility index (Phi) is 4.96. The number of nitrogens with one attached hydrogen (secondary N) is 2. The predicted molar refractivity (Wildman–Crippen MR) is 95.7 cm³/mol. The van der Waals surface area contributed by atoms with E-state index in [0.717, 1.165) is 15.2 Å². The smallest absolute Gasteiger partial charge is 0.280 e. The molecule has 2 N–H and O–H groups in total. The lowest BCUT2D eigenvalue weighted by Crippen LogP contribution is -2.55. The quantitative estimate of drug-likeness (QED) is 0.778. The molecule has 2 radical (unpaired) electrons. The van der Waals surface area contributed by atoms with Gasteiger partial charge in [-0.3, -0.25) is 4.79 Å². The minimum absolute atomic E-state index is 0.0967. The maximum absolute atomic E-state index is 13.2. The number of nitrogens with zero attached hydrogens (tertiary/aromatic N) is 1. The maximum atomic E-state index is 13.2. The van der Waals surface area contributed by atoms with Crippen LogP contribution in [0.3, 0.4) is 0 Å². The van der Waals surface area contributed by atoms with Crippen LogP contribution in [0.1, 0.15) is 17.3 Å². The number of rotatable bonds is 3. The Morgan fingerprint density at radius 1 is 1.44 bits per heavy atom. The fourth-order valence-electron chi connectivity index (χ4n) is 2.63. The summed E-state index contributed by atoms with van der Waals surface area (Å²) in [4.78, 5) is 13.4. The SMILES string of the molecule is [B]c1cc(NC(=O)[C@@H]2C[C@H](c3cccs3)NS(=O)(=O)N2C)ccc1F. The third kappa shape index (κ3) is 3.76. The molecule has 1 aromatic heterocycles. The van der Waals surface area contributed by atoms with Crippen LogP contribution in [0.4, 0.5) is 10.1 Å². The van der Waals surface area contributed by atoms with Crippen LogP contribution >= 0.6 is 11.3 Å². The molecule has 2 aromatic rings. The van der Waals surface area contributed by atoms with E-state index >= 15 is 0 Å². The van der Waals surface area contributed by atoms with Crippen LogP contribution in [0.15, 0.2) is 35.7 Å². The molecule has 2 heterocycles. The molecule has 1 saturated heterocycles. The van der Waals surface area contributed by atoms with Crippen molar-refractivity contribution in [2.75, 3.05) is 12.4 Å². The van der Waals surface area contributed by atoms with Gasteiger partial charge in [-0.1, -0.05) is 11.5 Å². The van der Waals surface area contributed by atoms with E-state index < -0.39 is 34.0 Å². The lowest BCUT2D eigenvalue weighted by molar-refractivity contribution is -0.120. The van der Waals surface area contributed by atoms with E-state index in [1.807, 2.05) is 17.5 Å². The summed E-state index contributed by atoms with van der Waals surface area (Å²) in [5.41, 5.74) is 0.210. The minimum atomic E-state index is -3.79. The van der Waals surface area contributed by atoms with E-state index in [0.29, 0.717) is 5.69 Å². The largest absolute Gasteiger partial charge is 0.325 e. The first-order valence-corrected chi connectivity index (χ1v) is 9.74. The zero-order chi connectivity index (χ0) is 18.2. The van der Waals surface area contributed by atoms with Gasteiger partial charge in [-0.2, -0.15) is 17.4 Å². The Morgan fingerprint density at radius 3 is 2.84 bits per heavy atom. The van der Waals surface area contributed by atoms with E-state index in [2.05, 4.69) is 10.0 Å². The van der Waals surface area contributed by atoms with Gasteiger partial charge in [0.25, 0.3) is 10.2 Å². The van der Waals surface area contributed by atoms with Crippen LogP contribution in [0.25, 0.3) is 0 Å². The van der Waals surface area contributed by atoms with Crippen LogP contribution in [0.5, 0.6) is 0 Å². The summed E-state index contributed by atoms with van der Waals surface area (Å²) in [6.07, 6.45) is 0.277. The summed E-state index contributed by atoms with van der Waals surface area (Å²) in [6, 6.07) is 6.07. The van der Waals surface area contributed by atoms with Gasteiger partial charge in [-0.25, -0.2) is 4.39 Å². The number of anilines is 1. The average molecular weight is 379 g/mol. The fourth-order valence-corrected chi connectivity index (χ4v) is 4.76. The normalized spacial score (nSPS) is 23.3. The molecule has 25 heavy (non-hydrogen) atoms. The monoisotopic (exact) mass is 379 g/mol. The molecule has 1 amide bonds. The number of carbonyl (C=O) groups excluding carboxylic acids is 1. The van der Waals surface area contributed by atoms with Crippen LogP contribution < -0.4 is 15.5 Å². The van der Waals surface area contributed by atoms with Gasteiger partial charge >= 0.3 is 0 Å². The molecule has 0 saturated carbocycles. The third-order valence-corrected chi connectivity index (χ3v) is 6.60. The molecule has 2 atom stereocenters. The molecule has 1 aliphatic heterocycles. The highest BCUT2D eigenvalue weighted by molar-refractivity contribution is 7.87. The van der Waals surface area contributed by atoms with Crippen molar-refractivity contribution in [3.63, 3.8) is 0 Å². The lowest BCUT2D eigenvalue weighted by atomic mass is 9.95. The van der Waals surface area contributed by atoms with Crippen LogP contribution in [-0.4, -0.2) is 39.6 Å². The number of thiophene rings is 1. The molecule has 10 heteroatoms. The van der Waals surface area contributed by atoms with Crippen molar-refractivity contribution in [3.8, 4) is 0 Å². The molecule has 0 unspecified atom stereocenters. The van der Waals surface area contributed by atoms with Crippen molar-refractivity contribution < 1.29 is 17.6 Å². The molecule has 1 fully saturated rings. The van der Waals surface area contributed by atoms with Gasteiger partial charge in [-0.05, 0) is 36.1 Å². The van der Waals surface area contributed by atoms with Crippen LogP contribution in [0, 0.1) is 5.82 Å². The Hall–Kier alpha value is -1.75. The first-order chi connectivity index (χ1) is 11.8. The number of benzene rings is 1. The second kappa shape index (κ2) is 6.87. The van der Waals surface area contributed by atoms with Crippen molar-refractivity contribution in [2.24, 2.45) is 0 Å². The molecule has 6 nitrogen and oxygen atoms in total. The molecule has 0 bridgehead atoms. The zero-order valence-electron chi connectivity index (χ0n) is 13.3. The maximum Gasteiger partial charge on any atom is 0.280 e. The third-order valence-electron chi connectivity index (χ3n) is 4.02. The topological polar surface area (TPSA) is 78.5 Å². The lowest BCUT2D eigenvalue weighted by Gasteiger charge is -2.35. The van der Waals surface area contributed by atoms with Crippen molar-refractivity contribution in [1.29, 1.82) is 0 Å². The van der Waals surface area contributed by atoms with Gasteiger partial charge in [0, 0.05) is 17.6 Å². The second-order valence-electron chi connectivity index (χ2n) is 5.68. The second-order valence-corrected chi connectivity index (χ2v) is 8.43. The Bertz CT molecular complexity index is 889. The first-order valence-electron chi connectivity index (χ1n) is 7.42.